The molecule has 2 aromatic carbocycles. The average molecular weight is 330 g/mol. The standard InChI is InChI=1S/C17H12ClNO4/c18-14-5-3-13(4-6-14)16(20)10-23-17(21)11-22-15-7-1-12(9-19)2-8-15/h1-8H,10-11H2. The zero-order chi connectivity index (χ0) is 16.7. The fraction of sp³-hybridized carbons (Fsp3) is 0.118. The zero-order valence-electron chi connectivity index (χ0n) is 12.0. The number of esters is 1. The van der Waals surface area contributed by atoms with Crippen molar-refractivity contribution in [3.05, 3.63) is 64.7 Å². The molecule has 0 bridgehead atoms. The maximum absolute atomic E-state index is 11.8. The Balaban J connectivity index is 1.77. The van der Waals surface area contributed by atoms with Gasteiger partial charge in [-0.1, -0.05) is 11.6 Å². The van der Waals surface area contributed by atoms with Gasteiger partial charge in [-0.25, -0.2) is 4.79 Å². The minimum absolute atomic E-state index is 0.320. The summed E-state index contributed by atoms with van der Waals surface area (Å²) in [5, 5.41) is 9.20. The van der Waals surface area contributed by atoms with Crippen molar-refractivity contribution in [2.24, 2.45) is 0 Å². The zero-order valence-corrected chi connectivity index (χ0v) is 12.7. The Morgan fingerprint density at radius 2 is 1.65 bits per heavy atom. The van der Waals surface area contributed by atoms with Gasteiger partial charge >= 0.3 is 5.97 Å². The van der Waals surface area contributed by atoms with E-state index in [0.29, 0.717) is 21.9 Å². The molecule has 0 aliphatic rings. The summed E-state index contributed by atoms with van der Waals surface area (Å²) in [7, 11) is 0. The number of hydrogen-bond donors (Lipinski definition) is 0. The molecule has 0 atom stereocenters. The third-order valence-corrected chi connectivity index (χ3v) is 3.12. The van der Waals surface area contributed by atoms with Crippen LogP contribution in [-0.4, -0.2) is 25.0 Å². The first-order valence-corrected chi connectivity index (χ1v) is 7.03. The van der Waals surface area contributed by atoms with Crippen molar-refractivity contribution in [1.29, 1.82) is 5.26 Å². The number of rotatable bonds is 6. The number of ketones is 1. The summed E-state index contributed by atoms with van der Waals surface area (Å²) >= 11 is 5.73. The van der Waals surface area contributed by atoms with Crippen molar-refractivity contribution in [3.63, 3.8) is 0 Å². The lowest BCUT2D eigenvalue weighted by Crippen LogP contribution is -2.19. The van der Waals surface area contributed by atoms with Crippen LogP contribution in [0.25, 0.3) is 0 Å². The van der Waals surface area contributed by atoms with Gasteiger partial charge in [0, 0.05) is 10.6 Å². The molecule has 0 unspecified atom stereocenters. The summed E-state index contributed by atoms with van der Waals surface area (Å²) in [5.41, 5.74) is 0.906. The monoisotopic (exact) mass is 329 g/mol. The van der Waals surface area contributed by atoms with E-state index in [1.807, 2.05) is 6.07 Å². The molecule has 0 fully saturated rings. The highest BCUT2D eigenvalue weighted by Gasteiger charge is 2.10. The van der Waals surface area contributed by atoms with E-state index in [9.17, 15) is 9.59 Å². The van der Waals surface area contributed by atoms with Crippen LogP contribution in [0.2, 0.25) is 5.02 Å². The van der Waals surface area contributed by atoms with Crippen LogP contribution >= 0.6 is 11.6 Å². The SMILES string of the molecule is N#Cc1ccc(OCC(=O)OCC(=O)c2ccc(Cl)cc2)cc1. The molecule has 0 aliphatic heterocycles. The first-order chi connectivity index (χ1) is 11.1. The first-order valence-electron chi connectivity index (χ1n) is 6.66. The van der Waals surface area contributed by atoms with E-state index in [4.69, 9.17) is 26.3 Å². The molecule has 0 N–H and O–H groups in total. The second kappa shape index (κ2) is 7.97. The number of carbonyl (C=O) groups excluding carboxylic acids is 2. The van der Waals surface area contributed by atoms with Crippen molar-refractivity contribution in [3.8, 4) is 11.8 Å². The second-order valence-corrected chi connectivity index (χ2v) is 4.95. The third kappa shape index (κ3) is 5.13. The highest BCUT2D eigenvalue weighted by Crippen LogP contribution is 2.12. The smallest absolute Gasteiger partial charge is 0.344 e. The summed E-state index contributed by atoms with van der Waals surface area (Å²) in [6.07, 6.45) is 0. The van der Waals surface area contributed by atoms with Crippen molar-refractivity contribution >= 4 is 23.4 Å². The van der Waals surface area contributed by atoms with E-state index >= 15 is 0 Å². The summed E-state index contributed by atoms with van der Waals surface area (Å²) in [6.45, 7) is -0.684. The molecule has 2 rings (SSSR count). The summed E-state index contributed by atoms with van der Waals surface area (Å²) in [6, 6.07) is 14.6. The van der Waals surface area contributed by atoms with Crippen LogP contribution in [0.5, 0.6) is 5.75 Å². The normalized spacial score (nSPS) is 9.74. The van der Waals surface area contributed by atoms with Gasteiger partial charge in [0.25, 0.3) is 0 Å². The van der Waals surface area contributed by atoms with Crippen LogP contribution in [0, 0.1) is 11.3 Å². The predicted molar refractivity (Wildman–Crippen MR) is 83.4 cm³/mol. The Bertz CT molecular complexity index is 733. The Hall–Kier alpha value is -2.84. The molecule has 6 heteroatoms. The number of nitrogens with zero attached hydrogens (tertiary/aromatic N) is 1. The van der Waals surface area contributed by atoms with Crippen LogP contribution in [0.3, 0.4) is 0 Å². The number of halogens is 1. The second-order valence-electron chi connectivity index (χ2n) is 4.52. The van der Waals surface area contributed by atoms with Crippen LogP contribution in [0.15, 0.2) is 48.5 Å². The summed E-state index contributed by atoms with van der Waals surface area (Å²) in [5.74, 6) is -0.546. The lowest BCUT2D eigenvalue weighted by Gasteiger charge is -2.07. The maximum atomic E-state index is 11.8. The van der Waals surface area contributed by atoms with Crippen molar-refractivity contribution < 1.29 is 19.1 Å². The average Bonchev–Trinajstić information content (AvgIpc) is 2.59. The van der Waals surface area contributed by atoms with E-state index < -0.39 is 5.97 Å². The van der Waals surface area contributed by atoms with Crippen molar-refractivity contribution in [1.82, 2.24) is 0 Å². The number of Topliss-reactive ketones (excluding diaryl/α,β-unsaturated/α-hetero) is 1. The molecule has 2 aromatic rings. The van der Waals surface area contributed by atoms with Crippen LogP contribution in [0.1, 0.15) is 15.9 Å². The molecular formula is C17H12ClNO4. The molecule has 0 aromatic heterocycles. The lowest BCUT2D eigenvalue weighted by molar-refractivity contribution is -0.144. The topological polar surface area (TPSA) is 76.4 Å². The molecule has 0 saturated carbocycles. The van der Waals surface area contributed by atoms with Gasteiger partial charge in [-0.05, 0) is 48.5 Å². The van der Waals surface area contributed by atoms with E-state index in [-0.39, 0.29) is 19.0 Å². The molecule has 0 aliphatic carbocycles. The fourth-order valence-corrected chi connectivity index (χ4v) is 1.80. The molecule has 5 nitrogen and oxygen atoms in total. The molecule has 0 amide bonds. The van der Waals surface area contributed by atoms with E-state index in [0.717, 1.165) is 0 Å². The number of hydrogen-bond acceptors (Lipinski definition) is 5. The lowest BCUT2D eigenvalue weighted by atomic mass is 10.1. The quantitative estimate of drug-likeness (QED) is 0.601. The molecule has 0 spiro atoms. The molecule has 116 valence electrons. The van der Waals surface area contributed by atoms with Crippen molar-refractivity contribution in [2.75, 3.05) is 13.2 Å². The van der Waals surface area contributed by atoms with Gasteiger partial charge in [0.05, 0.1) is 11.6 Å². The molecule has 0 saturated heterocycles. The van der Waals surface area contributed by atoms with Gasteiger partial charge in [-0.3, -0.25) is 4.79 Å². The number of carbonyl (C=O) groups is 2. The van der Waals surface area contributed by atoms with Crippen molar-refractivity contribution in [2.45, 2.75) is 0 Å². The predicted octanol–water partition coefficient (Wildman–Crippen LogP) is 3.02. The van der Waals surface area contributed by atoms with Crippen LogP contribution in [0.4, 0.5) is 0 Å². The third-order valence-electron chi connectivity index (χ3n) is 2.87. The summed E-state index contributed by atoms with van der Waals surface area (Å²) in [4.78, 5) is 23.4. The van der Waals surface area contributed by atoms with Gasteiger partial charge in [0.1, 0.15) is 5.75 Å². The van der Waals surface area contributed by atoms with Gasteiger partial charge in [0.15, 0.2) is 19.0 Å². The highest BCUT2D eigenvalue weighted by atomic mass is 35.5. The Labute approximate surface area is 138 Å². The highest BCUT2D eigenvalue weighted by molar-refractivity contribution is 6.30. The van der Waals surface area contributed by atoms with E-state index in [1.165, 1.54) is 0 Å². The fourth-order valence-electron chi connectivity index (χ4n) is 1.67. The van der Waals surface area contributed by atoms with Crippen LogP contribution in [-0.2, 0) is 9.53 Å². The van der Waals surface area contributed by atoms with Crippen LogP contribution < -0.4 is 4.74 Å². The number of nitriles is 1. The van der Waals surface area contributed by atoms with E-state index in [1.54, 1.807) is 48.5 Å². The van der Waals surface area contributed by atoms with Gasteiger partial charge < -0.3 is 9.47 Å². The molecule has 23 heavy (non-hydrogen) atoms. The number of ether oxygens (including phenoxy) is 2. The minimum Gasteiger partial charge on any atom is -0.482 e. The van der Waals surface area contributed by atoms with E-state index in [2.05, 4.69) is 0 Å². The van der Waals surface area contributed by atoms with Gasteiger partial charge in [-0.15, -0.1) is 0 Å². The molecule has 0 radical (unpaired) electrons. The maximum Gasteiger partial charge on any atom is 0.344 e. The Morgan fingerprint density at radius 3 is 2.26 bits per heavy atom. The van der Waals surface area contributed by atoms with Gasteiger partial charge in [-0.2, -0.15) is 5.26 Å². The Morgan fingerprint density at radius 1 is 1.00 bits per heavy atom. The summed E-state index contributed by atoms with van der Waals surface area (Å²) < 4.78 is 10.1. The van der Waals surface area contributed by atoms with Gasteiger partial charge in [0.2, 0.25) is 0 Å². The molecule has 0 heterocycles. The Kier molecular flexibility index (Phi) is 5.73. The molecular weight excluding hydrogens is 318 g/mol. The number of benzene rings is 2. The minimum atomic E-state index is -0.656. The largest absolute Gasteiger partial charge is 0.482 e. The first kappa shape index (κ1) is 16.5.